The van der Waals surface area contributed by atoms with Crippen molar-refractivity contribution in [2.45, 2.75) is 0 Å². The molecule has 1 nitrogen and oxygen atoms in total. The van der Waals surface area contributed by atoms with Crippen LogP contribution in [0.5, 0.6) is 11.5 Å². The number of benzene rings is 2. The van der Waals surface area contributed by atoms with Crippen molar-refractivity contribution >= 4 is 67.8 Å². The van der Waals surface area contributed by atoms with E-state index in [0.717, 1.165) is 18.6 Å². The summed E-state index contributed by atoms with van der Waals surface area (Å²) in [7, 11) is 0. The van der Waals surface area contributed by atoms with Crippen LogP contribution in [0.3, 0.4) is 0 Å². The molecule has 0 spiro atoms. The van der Waals surface area contributed by atoms with E-state index in [9.17, 15) is 0 Å². The zero-order valence-corrected chi connectivity index (χ0v) is 14.6. The maximum atomic E-state index is 5.88. The average Bonchev–Trinajstić information content (AvgIpc) is 2.25. The second kappa shape index (κ2) is 5.85. The zero-order chi connectivity index (χ0) is 11.5. The molecule has 2 rings (SSSR count). The third-order valence-electron chi connectivity index (χ3n) is 1.93. The van der Waals surface area contributed by atoms with Crippen molar-refractivity contribution < 1.29 is 4.74 Å². The summed E-state index contributed by atoms with van der Waals surface area (Å²) in [6, 6.07) is 14.1. The van der Waals surface area contributed by atoms with Crippen molar-refractivity contribution in [3.8, 4) is 11.5 Å². The van der Waals surface area contributed by atoms with Crippen LogP contribution in [0.2, 0.25) is 0 Å². The highest BCUT2D eigenvalue weighted by Gasteiger charge is 2.08. The minimum Gasteiger partial charge on any atom is -0.455 e. The molecule has 4 heteroatoms. The molecule has 0 heterocycles. The van der Waals surface area contributed by atoms with Gasteiger partial charge in [0.25, 0.3) is 0 Å². The van der Waals surface area contributed by atoms with Gasteiger partial charge in [0.05, 0.1) is 7.14 Å². The summed E-state index contributed by atoms with van der Waals surface area (Å²) in [6.07, 6.45) is 0. The summed E-state index contributed by atoms with van der Waals surface area (Å²) in [5, 5.41) is 0. The number of hydrogen-bond acceptors (Lipinski definition) is 1. The van der Waals surface area contributed by atoms with Crippen molar-refractivity contribution in [3.05, 3.63) is 53.2 Å². The summed E-state index contributed by atoms with van der Waals surface area (Å²) in [4.78, 5) is 0. The molecular weight excluding hydrogens is 541 g/mol. The van der Waals surface area contributed by atoms with E-state index in [0.29, 0.717) is 0 Å². The van der Waals surface area contributed by atoms with Crippen LogP contribution in [0.15, 0.2) is 42.5 Å². The lowest BCUT2D eigenvalue weighted by Crippen LogP contribution is -1.91. The van der Waals surface area contributed by atoms with Crippen molar-refractivity contribution in [2.24, 2.45) is 0 Å². The molecule has 0 aromatic heterocycles. The summed E-state index contributed by atoms with van der Waals surface area (Å²) in [5.74, 6) is 1.81. The van der Waals surface area contributed by atoms with E-state index in [1.165, 1.54) is 3.57 Å². The molecule has 0 unspecified atom stereocenters. The fraction of sp³-hybridized carbons (Fsp3) is 0. The van der Waals surface area contributed by atoms with Crippen LogP contribution in [0.1, 0.15) is 0 Å². The van der Waals surface area contributed by atoms with E-state index in [4.69, 9.17) is 4.74 Å². The van der Waals surface area contributed by atoms with Gasteiger partial charge >= 0.3 is 0 Å². The Morgan fingerprint density at radius 3 is 1.94 bits per heavy atom. The molecule has 0 saturated carbocycles. The lowest BCUT2D eigenvalue weighted by Gasteiger charge is -2.10. The van der Waals surface area contributed by atoms with Crippen LogP contribution in [0.4, 0.5) is 0 Å². The van der Waals surface area contributed by atoms with E-state index in [1.807, 2.05) is 30.3 Å². The van der Waals surface area contributed by atoms with Crippen LogP contribution in [-0.4, -0.2) is 0 Å². The summed E-state index contributed by atoms with van der Waals surface area (Å²) < 4.78 is 9.38. The number of halogens is 3. The van der Waals surface area contributed by atoms with Crippen LogP contribution in [0.25, 0.3) is 0 Å². The Hall–Kier alpha value is 0.430. The Labute approximate surface area is 135 Å². The quantitative estimate of drug-likeness (QED) is 0.464. The molecule has 0 N–H and O–H groups in total. The van der Waals surface area contributed by atoms with Gasteiger partial charge in [-0.05, 0) is 92.0 Å². The Balaban J connectivity index is 2.35. The average molecular weight is 548 g/mol. The fourth-order valence-electron chi connectivity index (χ4n) is 1.23. The highest BCUT2D eigenvalue weighted by molar-refractivity contribution is 14.1. The molecule has 2 aromatic rings. The SMILES string of the molecule is Ic1cc(I)c(Oc2ccccc2)c(I)c1. The molecule has 0 aliphatic carbocycles. The Bertz CT molecular complexity index is 474. The fourth-order valence-corrected chi connectivity index (χ4v) is 5.04. The molecule has 0 aliphatic heterocycles. The summed E-state index contributed by atoms with van der Waals surface area (Å²) in [6.45, 7) is 0. The molecule has 82 valence electrons. The second-order valence-corrected chi connectivity index (χ2v) is 6.68. The summed E-state index contributed by atoms with van der Waals surface area (Å²) >= 11 is 6.92. The normalized spacial score (nSPS) is 10.2. The molecule has 0 saturated heterocycles. The molecule has 0 radical (unpaired) electrons. The van der Waals surface area contributed by atoms with Crippen molar-refractivity contribution in [1.29, 1.82) is 0 Å². The highest BCUT2D eigenvalue weighted by atomic mass is 127. The van der Waals surface area contributed by atoms with Crippen LogP contribution in [-0.2, 0) is 0 Å². The maximum absolute atomic E-state index is 5.88. The van der Waals surface area contributed by atoms with E-state index < -0.39 is 0 Å². The summed E-state index contributed by atoms with van der Waals surface area (Å²) in [5.41, 5.74) is 0. The van der Waals surface area contributed by atoms with Crippen LogP contribution >= 0.6 is 67.8 Å². The molecule has 2 aromatic carbocycles. The zero-order valence-electron chi connectivity index (χ0n) is 8.08. The number of rotatable bonds is 2. The first-order valence-corrected chi connectivity index (χ1v) is 7.78. The monoisotopic (exact) mass is 548 g/mol. The van der Waals surface area contributed by atoms with E-state index in [1.54, 1.807) is 0 Å². The van der Waals surface area contributed by atoms with Crippen molar-refractivity contribution in [1.82, 2.24) is 0 Å². The topological polar surface area (TPSA) is 9.23 Å². The Morgan fingerprint density at radius 1 is 0.812 bits per heavy atom. The van der Waals surface area contributed by atoms with Gasteiger partial charge in [-0.1, -0.05) is 18.2 Å². The smallest absolute Gasteiger partial charge is 0.154 e. The first kappa shape index (κ1) is 12.9. The highest BCUT2D eigenvalue weighted by Crippen LogP contribution is 2.32. The van der Waals surface area contributed by atoms with E-state index in [-0.39, 0.29) is 0 Å². The van der Waals surface area contributed by atoms with Crippen LogP contribution < -0.4 is 4.74 Å². The van der Waals surface area contributed by atoms with E-state index in [2.05, 4.69) is 79.9 Å². The van der Waals surface area contributed by atoms with Crippen molar-refractivity contribution in [3.63, 3.8) is 0 Å². The minimum atomic E-state index is 0.875. The third-order valence-corrected chi connectivity index (χ3v) is 4.15. The Kier molecular flexibility index (Phi) is 4.71. The molecule has 0 aliphatic rings. The lowest BCUT2D eigenvalue weighted by atomic mass is 10.3. The van der Waals surface area contributed by atoms with Crippen molar-refractivity contribution in [2.75, 3.05) is 0 Å². The van der Waals surface area contributed by atoms with Gasteiger partial charge in [-0.2, -0.15) is 0 Å². The van der Waals surface area contributed by atoms with Gasteiger partial charge in [-0.25, -0.2) is 0 Å². The standard InChI is InChI=1S/C12H7I3O/c13-8-6-10(14)12(11(15)7-8)16-9-4-2-1-3-5-9/h1-7H. The predicted molar refractivity (Wildman–Crippen MR) is 91.1 cm³/mol. The third kappa shape index (κ3) is 3.22. The van der Waals surface area contributed by atoms with Gasteiger partial charge in [0.2, 0.25) is 0 Å². The van der Waals surface area contributed by atoms with Gasteiger partial charge in [-0.15, -0.1) is 0 Å². The first-order chi connectivity index (χ1) is 7.66. The number of para-hydroxylation sites is 1. The first-order valence-electron chi connectivity index (χ1n) is 4.54. The van der Waals surface area contributed by atoms with Gasteiger partial charge in [0.1, 0.15) is 5.75 Å². The lowest BCUT2D eigenvalue weighted by molar-refractivity contribution is 0.475. The second-order valence-electron chi connectivity index (χ2n) is 3.11. The van der Waals surface area contributed by atoms with E-state index >= 15 is 0 Å². The molecule has 0 atom stereocenters. The van der Waals surface area contributed by atoms with Gasteiger partial charge in [0.15, 0.2) is 5.75 Å². The number of ether oxygens (including phenoxy) is 1. The van der Waals surface area contributed by atoms with Gasteiger partial charge in [-0.3, -0.25) is 0 Å². The Morgan fingerprint density at radius 2 is 1.38 bits per heavy atom. The van der Waals surface area contributed by atoms with Crippen LogP contribution in [0, 0.1) is 10.7 Å². The van der Waals surface area contributed by atoms with Gasteiger partial charge < -0.3 is 4.74 Å². The molecule has 16 heavy (non-hydrogen) atoms. The molecular formula is C12H7I3O. The largest absolute Gasteiger partial charge is 0.455 e. The number of hydrogen-bond donors (Lipinski definition) is 0. The maximum Gasteiger partial charge on any atom is 0.154 e. The molecule has 0 fully saturated rings. The molecule has 0 amide bonds. The predicted octanol–water partition coefficient (Wildman–Crippen LogP) is 5.29. The van der Waals surface area contributed by atoms with Gasteiger partial charge in [0, 0.05) is 3.57 Å². The minimum absolute atomic E-state index is 0.875. The molecule has 0 bridgehead atoms.